The van der Waals surface area contributed by atoms with Crippen molar-refractivity contribution in [3.05, 3.63) is 59.6 Å². The Morgan fingerprint density at radius 2 is 2.08 bits per heavy atom. The highest BCUT2D eigenvalue weighted by atomic mass is 16.5. The van der Waals surface area contributed by atoms with Crippen LogP contribution in [0.3, 0.4) is 0 Å². The zero-order valence-electron chi connectivity index (χ0n) is 13.8. The van der Waals surface area contributed by atoms with Crippen molar-refractivity contribution in [1.29, 1.82) is 5.26 Å². The first-order valence-corrected chi connectivity index (χ1v) is 8.01. The number of hydrogen-bond acceptors (Lipinski definition) is 6. The summed E-state index contributed by atoms with van der Waals surface area (Å²) in [7, 11) is 1.64. The third kappa shape index (κ3) is 2.81. The standard InChI is InChI=1S/C19H16N4O2/c1-24-15-6-4-13(5-7-15)19-22-16-12-23(10-8-17(16)25-19)18-14(11-20)3-2-9-21-18/h2-7,9H,8,10,12H2,1H3. The minimum Gasteiger partial charge on any atom is -0.497 e. The highest BCUT2D eigenvalue weighted by Gasteiger charge is 2.25. The zero-order chi connectivity index (χ0) is 17.2. The quantitative estimate of drug-likeness (QED) is 0.733. The molecule has 0 radical (unpaired) electrons. The molecular weight excluding hydrogens is 316 g/mol. The summed E-state index contributed by atoms with van der Waals surface area (Å²) in [4.78, 5) is 11.1. The number of ether oxygens (including phenoxy) is 1. The van der Waals surface area contributed by atoms with Crippen LogP contribution < -0.4 is 9.64 Å². The molecule has 0 amide bonds. The Kier molecular flexibility index (Phi) is 3.82. The van der Waals surface area contributed by atoms with Gasteiger partial charge in [0.1, 0.15) is 29.1 Å². The van der Waals surface area contributed by atoms with E-state index in [1.165, 1.54) is 0 Å². The van der Waals surface area contributed by atoms with Gasteiger partial charge in [0, 0.05) is 24.7 Å². The Bertz CT molecular complexity index is 941. The molecule has 0 aliphatic carbocycles. The number of nitriles is 1. The van der Waals surface area contributed by atoms with Gasteiger partial charge in [0.05, 0.1) is 19.2 Å². The highest BCUT2D eigenvalue weighted by molar-refractivity contribution is 5.57. The number of oxazole rings is 1. The number of methoxy groups -OCH3 is 1. The number of fused-ring (bicyclic) bond motifs is 1. The molecule has 0 spiro atoms. The van der Waals surface area contributed by atoms with Gasteiger partial charge in [0.15, 0.2) is 0 Å². The van der Waals surface area contributed by atoms with Gasteiger partial charge in [-0.15, -0.1) is 0 Å². The number of pyridine rings is 1. The van der Waals surface area contributed by atoms with Crippen molar-refractivity contribution in [3.8, 4) is 23.3 Å². The predicted octanol–water partition coefficient (Wildman–Crippen LogP) is 3.18. The Morgan fingerprint density at radius 1 is 1.24 bits per heavy atom. The molecule has 0 saturated carbocycles. The topological polar surface area (TPSA) is 75.2 Å². The number of nitrogens with zero attached hydrogens (tertiary/aromatic N) is 4. The minimum absolute atomic E-state index is 0.574. The van der Waals surface area contributed by atoms with Crippen LogP contribution in [0.15, 0.2) is 47.0 Å². The molecular formula is C19H16N4O2. The minimum atomic E-state index is 0.574. The van der Waals surface area contributed by atoms with E-state index in [2.05, 4.69) is 20.9 Å². The fourth-order valence-corrected chi connectivity index (χ4v) is 2.97. The lowest BCUT2D eigenvalue weighted by Crippen LogP contribution is -2.31. The van der Waals surface area contributed by atoms with Crippen LogP contribution in [0.4, 0.5) is 5.82 Å². The first-order chi connectivity index (χ1) is 12.3. The van der Waals surface area contributed by atoms with Crippen molar-refractivity contribution >= 4 is 5.82 Å². The largest absolute Gasteiger partial charge is 0.497 e. The summed E-state index contributed by atoms with van der Waals surface area (Å²) in [6, 6.07) is 13.4. The smallest absolute Gasteiger partial charge is 0.226 e. The summed E-state index contributed by atoms with van der Waals surface area (Å²) in [5.74, 6) is 3.00. The molecule has 3 heterocycles. The average Bonchev–Trinajstić information content (AvgIpc) is 3.11. The molecule has 6 nitrogen and oxygen atoms in total. The van der Waals surface area contributed by atoms with Gasteiger partial charge in [-0.3, -0.25) is 0 Å². The van der Waals surface area contributed by atoms with Crippen molar-refractivity contribution in [2.75, 3.05) is 18.6 Å². The second-order valence-electron chi connectivity index (χ2n) is 5.78. The predicted molar refractivity (Wildman–Crippen MR) is 92.2 cm³/mol. The first-order valence-electron chi connectivity index (χ1n) is 8.01. The van der Waals surface area contributed by atoms with Gasteiger partial charge in [0.2, 0.25) is 5.89 Å². The van der Waals surface area contributed by atoms with E-state index < -0.39 is 0 Å². The molecule has 1 aliphatic rings. The first kappa shape index (κ1) is 15.2. The van der Waals surface area contributed by atoms with E-state index in [9.17, 15) is 5.26 Å². The number of benzene rings is 1. The summed E-state index contributed by atoms with van der Waals surface area (Å²) in [5, 5.41) is 9.28. The molecule has 0 saturated heterocycles. The molecule has 1 aromatic carbocycles. The molecule has 4 rings (SSSR count). The van der Waals surface area contributed by atoms with Crippen LogP contribution in [-0.4, -0.2) is 23.6 Å². The van der Waals surface area contributed by atoms with Crippen molar-refractivity contribution in [3.63, 3.8) is 0 Å². The van der Waals surface area contributed by atoms with Crippen molar-refractivity contribution in [2.24, 2.45) is 0 Å². The van der Waals surface area contributed by atoms with E-state index in [-0.39, 0.29) is 0 Å². The molecule has 1 aliphatic heterocycles. The fraction of sp³-hybridized carbons (Fsp3) is 0.211. The lowest BCUT2D eigenvalue weighted by Gasteiger charge is -2.26. The van der Waals surface area contributed by atoms with Gasteiger partial charge >= 0.3 is 0 Å². The maximum atomic E-state index is 9.28. The molecule has 6 heteroatoms. The third-order valence-corrected chi connectivity index (χ3v) is 4.27. The van der Waals surface area contributed by atoms with Crippen molar-refractivity contribution in [2.45, 2.75) is 13.0 Å². The fourth-order valence-electron chi connectivity index (χ4n) is 2.97. The molecule has 0 unspecified atom stereocenters. The second-order valence-corrected chi connectivity index (χ2v) is 5.78. The van der Waals surface area contributed by atoms with Crippen LogP contribution >= 0.6 is 0 Å². The second kappa shape index (κ2) is 6.29. The average molecular weight is 332 g/mol. The Balaban J connectivity index is 1.62. The normalized spacial score (nSPS) is 13.2. The lowest BCUT2D eigenvalue weighted by molar-refractivity contribution is 0.415. The van der Waals surface area contributed by atoms with E-state index in [4.69, 9.17) is 9.15 Å². The van der Waals surface area contributed by atoms with Crippen LogP contribution in [0.1, 0.15) is 17.0 Å². The third-order valence-electron chi connectivity index (χ3n) is 4.27. The molecule has 124 valence electrons. The molecule has 0 fully saturated rings. The van der Waals surface area contributed by atoms with Gasteiger partial charge in [-0.1, -0.05) is 0 Å². The summed E-state index contributed by atoms with van der Waals surface area (Å²) in [5.41, 5.74) is 2.38. The Hall–Kier alpha value is -3.33. The summed E-state index contributed by atoms with van der Waals surface area (Å²) < 4.78 is 11.1. The summed E-state index contributed by atoms with van der Waals surface area (Å²) >= 11 is 0. The van der Waals surface area contributed by atoms with Crippen LogP contribution in [0, 0.1) is 11.3 Å². The van der Waals surface area contributed by atoms with Crippen LogP contribution in [0.5, 0.6) is 5.75 Å². The van der Waals surface area contributed by atoms with Crippen LogP contribution in [-0.2, 0) is 13.0 Å². The van der Waals surface area contributed by atoms with E-state index in [1.807, 2.05) is 24.3 Å². The van der Waals surface area contributed by atoms with Gasteiger partial charge in [0.25, 0.3) is 0 Å². The zero-order valence-corrected chi connectivity index (χ0v) is 13.8. The monoisotopic (exact) mass is 332 g/mol. The number of anilines is 1. The van der Waals surface area contributed by atoms with E-state index in [1.54, 1.807) is 25.4 Å². The van der Waals surface area contributed by atoms with Crippen LogP contribution in [0.2, 0.25) is 0 Å². The van der Waals surface area contributed by atoms with Gasteiger partial charge in [-0.2, -0.15) is 5.26 Å². The summed E-state index contributed by atoms with van der Waals surface area (Å²) in [6.45, 7) is 1.33. The number of aromatic nitrogens is 2. The van der Waals surface area contributed by atoms with Crippen molar-refractivity contribution < 1.29 is 9.15 Å². The summed E-state index contributed by atoms with van der Waals surface area (Å²) in [6.07, 6.45) is 2.44. The Labute approximate surface area is 145 Å². The maximum absolute atomic E-state index is 9.28. The Morgan fingerprint density at radius 3 is 2.84 bits per heavy atom. The van der Waals surface area contributed by atoms with E-state index in [0.717, 1.165) is 35.7 Å². The molecule has 0 bridgehead atoms. The molecule has 0 atom stereocenters. The van der Waals surface area contributed by atoms with E-state index in [0.29, 0.717) is 23.8 Å². The molecule has 0 N–H and O–H groups in total. The number of hydrogen-bond donors (Lipinski definition) is 0. The van der Waals surface area contributed by atoms with Crippen LogP contribution in [0.25, 0.3) is 11.5 Å². The maximum Gasteiger partial charge on any atom is 0.226 e. The SMILES string of the molecule is COc1ccc(-c2nc3c(o2)CCN(c2ncccc2C#N)C3)cc1. The van der Waals surface area contributed by atoms with Gasteiger partial charge < -0.3 is 14.1 Å². The lowest BCUT2D eigenvalue weighted by atomic mass is 10.1. The molecule has 2 aromatic heterocycles. The highest BCUT2D eigenvalue weighted by Crippen LogP contribution is 2.29. The molecule has 25 heavy (non-hydrogen) atoms. The molecule has 3 aromatic rings. The number of rotatable bonds is 3. The van der Waals surface area contributed by atoms with Crippen molar-refractivity contribution in [1.82, 2.24) is 9.97 Å². The van der Waals surface area contributed by atoms with Gasteiger partial charge in [-0.25, -0.2) is 9.97 Å². The van der Waals surface area contributed by atoms with E-state index >= 15 is 0 Å². The van der Waals surface area contributed by atoms with Gasteiger partial charge in [-0.05, 0) is 36.4 Å².